The first-order valence-corrected chi connectivity index (χ1v) is 14.8. The van der Waals surface area contributed by atoms with Gasteiger partial charge in [0.2, 0.25) is 11.8 Å². The van der Waals surface area contributed by atoms with E-state index in [0.717, 1.165) is 32.5 Å². The van der Waals surface area contributed by atoms with E-state index >= 15 is 0 Å². The zero-order valence-corrected chi connectivity index (χ0v) is 23.4. The highest BCUT2D eigenvalue weighted by Gasteiger charge is 2.76. The Balaban J connectivity index is 1.63. The number of ether oxygens (including phenoxy) is 2. The summed E-state index contributed by atoms with van der Waals surface area (Å²) in [7, 11) is 0. The fourth-order valence-corrected chi connectivity index (χ4v) is 9.23. The van der Waals surface area contributed by atoms with Crippen molar-refractivity contribution in [2.45, 2.75) is 48.6 Å². The van der Waals surface area contributed by atoms with Crippen molar-refractivity contribution in [3.05, 3.63) is 25.3 Å². The maximum atomic E-state index is 14.4. The van der Waals surface area contributed by atoms with Gasteiger partial charge < -0.3 is 24.4 Å². The number of likely N-dealkylation sites (tertiary alicyclic amines) is 1. The predicted octanol–water partition coefficient (Wildman–Crippen LogP) is 1.56. The molecule has 212 valence electrons. The zero-order valence-electron chi connectivity index (χ0n) is 22.6. The van der Waals surface area contributed by atoms with Crippen LogP contribution in [0.5, 0.6) is 0 Å². The van der Waals surface area contributed by atoms with Gasteiger partial charge in [0, 0.05) is 51.1 Å². The van der Waals surface area contributed by atoms with Gasteiger partial charge >= 0.3 is 5.97 Å². The van der Waals surface area contributed by atoms with Gasteiger partial charge in [-0.15, -0.1) is 18.3 Å². The topological polar surface area (TPSA) is 99.6 Å². The number of hydrogen-bond acceptors (Lipinski definition) is 8. The van der Waals surface area contributed by atoms with E-state index in [9.17, 15) is 19.5 Å². The van der Waals surface area contributed by atoms with Crippen LogP contribution in [0.15, 0.2) is 25.3 Å². The zero-order chi connectivity index (χ0) is 27.3. The molecule has 1 N–H and O–H groups in total. The Kier molecular flexibility index (Phi) is 9.95. The highest BCUT2D eigenvalue weighted by molar-refractivity contribution is 8.02. The first kappa shape index (κ1) is 29.1. The quantitative estimate of drug-likeness (QED) is 0.198. The molecule has 2 amide bonds. The molecular formula is C28H43N3O6S. The standard InChI is InChI=1S/C28H43N3O6S/c1-4-9-30(12-11-29-13-17-36-18-14-29)26(34)24-28-20(3)19-21(38-28)22(27(35)37-16-5-2)23(28)25(33)31(24)10-7-6-8-15-32/h4-5,20-24,32H,1-2,6-19H2,3H3/t20?,21-,22+,23+,24?,28?/m1/s1. The molecule has 10 heteroatoms. The minimum atomic E-state index is -0.661. The first-order chi connectivity index (χ1) is 18.4. The van der Waals surface area contributed by atoms with Gasteiger partial charge in [0.1, 0.15) is 12.6 Å². The van der Waals surface area contributed by atoms with Crippen LogP contribution in [0, 0.1) is 17.8 Å². The first-order valence-electron chi connectivity index (χ1n) is 14.0. The number of carbonyl (C=O) groups is 3. The second-order valence-electron chi connectivity index (χ2n) is 10.8. The van der Waals surface area contributed by atoms with Crippen molar-refractivity contribution in [2.75, 3.05) is 65.7 Å². The predicted molar refractivity (Wildman–Crippen MR) is 147 cm³/mol. The van der Waals surface area contributed by atoms with Crippen LogP contribution in [-0.2, 0) is 23.9 Å². The van der Waals surface area contributed by atoms with E-state index in [4.69, 9.17) is 9.47 Å². The van der Waals surface area contributed by atoms with Gasteiger partial charge in [-0.3, -0.25) is 19.3 Å². The number of fused-ring (bicyclic) bond motifs is 1. The minimum absolute atomic E-state index is 0.0377. The molecule has 0 saturated carbocycles. The molecule has 0 aromatic heterocycles. The van der Waals surface area contributed by atoms with Crippen LogP contribution in [0.2, 0.25) is 0 Å². The molecule has 4 fully saturated rings. The van der Waals surface area contributed by atoms with Crippen LogP contribution in [-0.4, -0.2) is 119 Å². The fraction of sp³-hybridized carbons (Fsp3) is 0.750. The molecule has 38 heavy (non-hydrogen) atoms. The van der Waals surface area contributed by atoms with Crippen molar-refractivity contribution in [1.82, 2.24) is 14.7 Å². The number of aliphatic hydroxyl groups is 1. The number of amides is 2. The number of hydrogen-bond donors (Lipinski definition) is 1. The molecule has 3 unspecified atom stereocenters. The van der Waals surface area contributed by atoms with Crippen LogP contribution in [0.25, 0.3) is 0 Å². The summed E-state index contributed by atoms with van der Waals surface area (Å²) in [6.45, 7) is 15.0. The van der Waals surface area contributed by atoms with Crippen molar-refractivity contribution < 1.29 is 29.0 Å². The van der Waals surface area contributed by atoms with Crippen molar-refractivity contribution in [3.63, 3.8) is 0 Å². The number of aliphatic hydroxyl groups excluding tert-OH is 1. The van der Waals surface area contributed by atoms with E-state index < -0.39 is 22.6 Å². The van der Waals surface area contributed by atoms with Crippen LogP contribution in [0.1, 0.15) is 32.6 Å². The average Bonchev–Trinajstić information content (AvgIpc) is 3.51. The van der Waals surface area contributed by atoms with Gasteiger partial charge in [-0.05, 0) is 31.6 Å². The maximum Gasteiger partial charge on any atom is 0.311 e. The van der Waals surface area contributed by atoms with Gasteiger partial charge in [0.15, 0.2) is 0 Å². The number of esters is 1. The molecule has 4 heterocycles. The monoisotopic (exact) mass is 549 g/mol. The molecule has 4 saturated heterocycles. The third-order valence-electron chi connectivity index (χ3n) is 8.60. The number of nitrogens with zero attached hydrogens (tertiary/aromatic N) is 3. The van der Waals surface area contributed by atoms with E-state index in [2.05, 4.69) is 25.0 Å². The van der Waals surface area contributed by atoms with E-state index in [0.29, 0.717) is 45.7 Å². The Morgan fingerprint density at radius 2 is 1.97 bits per heavy atom. The summed E-state index contributed by atoms with van der Waals surface area (Å²) >= 11 is 1.67. The van der Waals surface area contributed by atoms with E-state index in [1.54, 1.807) is 22.7 Å². The van der Waals surface area contributed by atoms with Gasteiger partial charge in [-0.25, -0.2) is 0 Å². The molecule has 1 spiro atoms. The highest BCUT2D eigenvalue weighted by atomic mass is 32.2. The molecule has 4 rings (SSSR count). The van der Waals surface area contributed by atoms with Crippen molar-refractivity contribution in [3.8, 4) is 0 Å². The van der Waals surface area contributed by atoms with Gasteiger partial charge in [-0.1, -0.05) is 25.7 Å². The van der Waals surface area contributed by atoms with Gasteiger partial charge in [0.25, 0.3) is 0 Å². The number of unbranched alkanes of at least 4 members (excludes halogenated alkanes) is 2. The average molecular weight is 550 g/mol. The Morgan fingerprint density at radius 3 is 2.66 bits per heavy atom. The molecule has 6 atom stereocenters. The summed E-state index contributed by atoms with van der Waals surface area (Å²) in [6, 6.07) is -0.638. The Morgan fingerprint density at radius 1 is 1.21 bits per heavy atom. The third kappa shape index (κ3) is 5.42. The summed E-state index contributed by atoms with van der Waals surface area (Å²) in [6.07, 6.45) is 6.17. The fourth-order valence-electron chi connectivity index (χ4n) is 6.82. The molecule has 0 aliphatic carbocycles. The summed E-state index contributed by atoms with van der Waals surface area (Å²) in [5.41, 5.74) is 0. The second kappa shape index (κ2) is 13.0. The lowest BCUT2D eigenvalue weighted by atomic mass is 9.66. The summed E-state index contributed by atoms with van der Waals surface area (Å²) < 4.78 is 10.3. The Bertz CT molecular complexity index is 896. The number of morpholine rings is 1. The SMILES string of the molecule is C=CCOC(=O)[C@@H]1[C@H]2C(=O)N(CCCCCO)C(C(=O)N(CC=C)CCN3CCOCC3)C23S[C@@H]1CC3C. The lowest BCUT2D eigenvalue weighted by Gasteiger charge is -2.41. The van der Waals surface area contributed by atoms with Crippen molar-refractivity contribution >= 4 is 29.5 Å². The minimum Gasteiger partial charge on any atom is -0.461 e. The smallest absolute Gasteiger partial charge is 0.311 e. The summed E-state index contributed by atoms with van der Waals surface area (Å²) in [5, 5.41) is 9.20. The lowest BCUT2D eigenvalue weighted by Crippen LogP contribution is -2.58. The molecule has 0 radical (unpaired) electrons. The molecule has 4 aliphatic heterocycles. The van der Waals surface area contributed by atoms with Crippen LogP contribution in [0.3, 0.4) is 0 Å². The second-order valence-corrected chi connectivity index (χ2v) is 12.4. The molecule has 9 nitrogen and oxygen atoms in total. The number of rotatable bonds is 14. The molecule has 0 aromatic carbocycles. The van der Waals surface area contributed by atoms with Crippen LogP contribution < -0.4 is 0 Å². The van der Waals surface area contributed by atoms with Crippen LogP contribution >= 0.6 is 11.8 Å². The highest BCUT2D eigenvalue weighted by Crippen LogP contribution is 2.68. The number of thioether (sulfide) groups is 1. The van der Waals surface area contributed by atoms with Crippen molar-refractivity contribution in [1.29, 1.82) is 0 Å². The molecule has 2 bridgehead atoms. The normalized spacial score (nSPS) is 32.3. The lowest BCUT2D eigenvalue weighted by molar-refractivity contribution is -0.153. The Labute approximate surface area is 230 Å². The van der Waals surface area contributed by atoms with E-state index in [1.807, 2.05) is 4.90 Å². The van der Waals surface area contributed by atoms with Gasteiger partial charge in [-0.2, -0.15) is 0 Å². The van der Waals surface area contributed by atoms with Crippen LogP contribution in [0.4, 0.5) is 0 Å². The Hall–Kier alpha value is -1.88. The molecule has 4 aliphatic rings. The summed E-state index contributed by atoms with van der Waals surface area (Å²) in [5.74, 6) is -1.55. The maximum absolute atomic E-state index is 14.4. The van der Waals surface area contributed by atoms with Gasteiger partial charge in [0.05, 0.1) is 29.8 Å². The van der Waals surface area contributed by atoms with E-state index in [1.165, 1.54) is 6.08 Å². The third-order valence-corrected chi connectivity index (χ3v) is 10.7. The molecular weight excluding hydrogens is 506 g/mol. The largest absolute Gasteiger partial charge is 0.461 e. The van der Waals surface area contributed by atoms with Crippen molar-refractivity contribution in [2.24, 2.45) is 17.8 Å². The molecule has 0 aromatic rings. The number of carbonyl (C=O) groups excluding carboxylic acids is 3. The summed E-state index contributed by atoms with van der Waals surface area (Å²) in [4.78, 5) is 47.6. The van der Waals surface area contributed by atoms with E-state index in [-0.39, 0.29) is 42.2 Å².